The lowest BCUT2D eigenvalue weighted by atomic mass is 9.99. The minimum atomic E-state index is -0.718. The van der Waals surface area contributed by atoms with Crippen molar-refractivity contribution in [2.45, 2.75) is 51.4 Å². The number of likely N-dealkylation sites (tertiary alicyclic amines) is 1. The van der Waals surface area contributed by atoms with Crippen LogP contribution in [0.5, 0.6) is 0 Å². The Kier molecular flexibility index (Phi) is 6.68. The summed E-state index contributed by atoms with van der Waals surface area (Å²) in [6.07, 6.45) is 3.04. The number of aliphatic hydroxyl groups excluding tert-OH is 1. The molecular formula is C20H29N3O4. The lowest BCUT2D eigenvalue weighted by Crippen LogP contribution is -2.38. The number of carbonyl (C=O) groups is 2. The Morgan fingerprint density at radius 2 is 2.11 bits per heavy atom. The molecule has 2 heterocycles. The van der Waals surface area contributed by atoms with Gasteiger partial charge in [0.1, 0.15) is 6.23 Å². The first-order chi connectivity index (χ1) is 13.1. The third kappa shape index (κ3) is 5.20. The fourth-order valence-electron chi connectivity index (χ4n) is 3.62. The van der Waals surface area contributed by atoms with E-state index < -0.39 is 6.23 Å². The number of hydrogen-bond donors (Lipinski definition) is 3. The molecule has 1 fully saturated rings. The van der Waals surface area contributed by atoms with Crippen molar-refractivity contribution in [2.75, 3.05) is 31.6 Å². The third-order valence-corrected chi connectivity index (χ3v) is 5.15. The van der Waals surface area contributed by atoms with E-state index in [1.807, 2.05) is 25.1 Å². The molecule has 148 valence electrons. The highest BCUT2D eigenvalue weighted by atomic mass is 16.5. The Labute approximate surface area is 160 Å². The number of aryl methyl sites for hydroxylation is 1. The van der Waals surface area contributed by atoms with E-state index in [1.165, 1.54) is 0 Å². The maximum absolute atomic E-state index is 12.1. The number of aliphatic hydroxyl groups is 1. The molecule has 0 unspecified atom stereocenters. The van der Waals surface area contributed by atoms with Crippen LogP contribution in [-0.4, -0.2) is 54.3 Å². The average Bonchev–Trinajstić information content (AvgIpc) is 3.16. The molecule has 3 rings (SSSR count). The fourth-order valence-corrected chi connectivity index (χ4v) is 3.62. The molecule has 1 saturated heterocycles. The van der Waals surface area contributed by atoms with Gasteiger partial charge in [0.2, 0.25) is 11.8 Å². The summed E-state index contributed by atoms with van der Waals surface area (Å²) in [5.41, 5.74) is 2.92. The molecule has 2 atom stereocenters. The van der Waals surface area contributed by atoms with Gasteiger partial charge in [-0.1, -0.05) is 19.1 Å². The quantitative estimate of drug-likeness (QED) is 0.702. The van der Waals surface area contributed by atoms with Crippen LogP contribution in [-0.2, 0) is 20.7 Å². The molecule has 0 radical (unpaired) electrons. The predicted molar refractivity (Wildman–Crippen MR) is 102 cm³/mol. The van der Waals surface area contributed by atoms with E-state index in [2.05, 4.69) is 10.6 Å². The summed E-state index contributed by atoms with van der Waals surface area (Å²) >= 11 is 0. The summed E-state index contributed by atoms with van der Waals surface area (Å²) < 4.78 is 5.75. The Morgan fingerprint density at radius 3 is 2.85 bits per heavy atom. The number of nitrogens with one attached hydrogen (secondary N) is 2. The van der Waals surface area contributed by atoms with Gasteiger partial charge in [-0.15, -0.1) is 0 Å². The van der Waals surface area contributed by atoms with Crippen LogP contribution >= 0.6 is 0 Å². The van der Waals surface area contributed by atoms with Crippen molar-refractivity contribution in [1.82, 2.24) is 10.2 Å². The van der Waals surface area contributed by atoms with Crippen molar-refractivity contribution >= 4 is 17.5 Å². The van der Waals surface area contributed by atoms with Crippen LogP contribution in [0.4, 0.5) is 5.69 Å². The monoisotopic (exact) mass is 375 g/mol. The van der Waals surface area contributed by atoms with Crippen LogP contribution in [0.3, 0.4) is 0 Å². The zero-order valence-corrected chi connectivity index (χ0v) is 15.9. The van der Waals surface area contributed by atoms with Crippen molar-refractivity contribution in [3.05, 3.63) is 29.3 Å². The number of hydrogen-bond acceptors (Lipinski definition) is 5. The van der Waals surface area contributed by atoms with E-state index in [1.54, 1.807) is 4.90 Å². The second-order valence-electron chi connectivity index (χ2n) is 7.18. The normalized spacial score (nSPS) is 21.9. The molecule has 1 aromatic rings. The zero-order chi connectivity index (χ0) is 19.2. The van der Waals surface area contributed by atoms with Gasteiger partial charge in [0.05, 0.1) is 19.3 Å². The largest absolute Gasteiger partial charge is 0.371 e. The van der Waals surface area contributed by atoms with Crippen molar-refractivity contribution in [3.8, 4) is 0 Å². The maximum Gasteiger partial charge on any atom is 0.241 e. The van der Waals surface area contributed by atoms with Gasteiger partial charge < -0.3 is 25.4 Å². The second-order valence-corrected chi connectivity index (χ2v) is 7.18. The van der Waals surface area contributed by atoms with Crippen molar-refractivity contribution in [2.24, 2.45) is 0 Å². The first-order valence-corrected chi connectivity index (χ1v) is 9.80. The topological polar surface area (TPSA) is 90.9 Å². The first-order valence-electron chi connectivity index (χ1n) is 9.80. The SMILES string of the molecule is CC[C@H]1OC[C@@H](O)Nc2ccc(CCC(=O)NCC(=O)N3CCCC3)cc21. The molecule has 0 bridgehead atoms. The Bertz CT molecular complexity index is 673. The third-order valence-electron chi connectivity index (χ3n) is 5.15. The minimum Gasteiger partial charge on any atom is -0.371 e. The summed E-state index contributed by atoms with van der Waals surface area (Å²) in [7, 11) is 0. The van der Waals surface area contributed by atoms with E-state index in [-0.39, 0.29) is 31.1 Å². The van der Waals surface area contributed by atoms with Crippen LogP contribution in [0.15, 0.2) is 18.2 Å². The number of amides is 2. The van der Waals surface area contributed by atoms with E-state index >= 15 is 0 Å². The highest BCUT2D eigenvalue weighted by Gasteiger charge is 2.22. The van der Waals surface area contributed by atoms with E-state index in [0.717, 1.165) is 49.2 Å². The molecule has 0 saturated carbocycles. The van der Waals surface area contributed by atoms with Crippen molar-refractivity contribution in [3.63, 3.8) is 0 Å². The molecule has 3 N–H and O–H groups in total. The van der Waals surface area contributed by atoms with Crippen LogP contribution < -0.4 is 10.6 Å². The number of ether oxygens (including phenoxy) is 1. The number of fused-ring (bicyclic) bond motifs is 1. The number of anilines is 1. The summed E-state index contributed by atoms with van der Waals surface area (Å²) in [4.78, 5) is 25.9. The molecule has 27 heavy (non-hydrogen) atoms. The zero-order valence-electron chi connectivity index (χ0n) is 15.9. The van der Waals surface area contributed by atoms with Crippen LogP contribution in [0.25, 0.3) is 0 Å². The predicted octanol–water partition coefficient (Wildman–Crippen LogP) is 1.57. The maximum atomic E-state index is 12.1. The van der Waals surface area contributed by atoms with Gasteiger partial charge >= 0.3 is 0 Å². The van der Waals surface area contributed by atoms with Crippen molar-refractivity contribution in [1.29, 1.82) is 0 Å². The van der Waals surface area contributed by atoms with Crippen molar-refractivity contribution < 1.29 is 19.4 Å². The summed E-state index contributed by atoms with van der Waals surface area (Å²) in [6, 6.07) is 5.93. The van der Waals surface area contributed by atoms with Gasteiger partial charge in [0.25, 0.3) is 0 Å². The Morgan fingerprint density at radius 1 is 1.33 bits per heavy atom. The van der Waals surface area contributed by atoms with Crippen LogP contribution in [0.1, 0.15) is 49.8 Å². The summed E-state index contributed by atoms with van der Waals surface area (Å²) in [5.74, 6) is -0.118. The molecule has 7 nitrogen and oxygen atoms in total. The van der Waals surface area contributed by atoms with Gasteiger partial charge in [-0.3, -0.25) is 9.59 Å². The number of carbonyl (C=O) groups excluding carboxylic acids is 2. The number of rotatable bonds is 6. The highest BCUT2D eigenvalue weighted by molar-refractivity contribution is 5.84. The second kappa shape index (κ2) is 9.19. The Hall–Kier alpha value is -2.12. The van der Waals surface area contributed by atoms with Gasteiger partial charge in [-0.25, -0.2) is 0 Å². The van der Waals surface area contributed by atoms with Gasteiger partial charge in [0, 0.05) is 30.8 Å². The molecule has 0 spiro atoms. The van der Waals surface area contributed by atoms with E-state index in [4.69, 9.17) is 4.74 Å². The van der Waals surface area contributed by atoms with E-state index in [0.29, 0.717) is 12.8 Å². The Balaban J connectivity index is 1.52. The lowest BCUT2D eigenvalue weighted by molar-refractivity contribution is -0.132. The molecule has 2 amide bonds. The van der Waals surface area contributed by atoms with E-state index in [9.17, 15) is 14.7 Å². The molecule has 2 aliphatic heterocycles. The molecule has 2 aliphatic rings. The summed E-state index contributed by atoms with van der Waals surface area (Å²) in [6.45, 7) is 3.97. The standard InChI is InChI=1S/C20H29N3O4/c1-2-17-15-11-14(5-7-16(15)22-19(25)13-27-17)6-8-18(24)21-12-20(26)23-9-3-4-10-23/h5,7,11,17,19,22,25H,2-4,6,8-10,12-13H2,1H3,(H,21,24)/t17-,19-/m1/s1. The molecule has 1 aromatic carbocycles. The molecule has 0 aliphatic carbocycles. The summed E-state index contributed by atoms with van der Waals surface area (Å²) in [5, 5.41) is 15.6. The lowest BCUT2D eigenvalue weighted by Gasteiger charge is -2.17. The fraction of sp³-hybridized carbons (Fsp3) is 0.600. The van der Waals surface area contributed by atoms with Gasteiger partial charge in [-0.2, -0.15) is 0 Å². The number of nitrogens with zero attached hydrogens (tertiary/aromatic N) is 1. The van der Waals surface area contributed by atoms with Gasteiger partial charge in [0.15, 0.2) is 0 Å². The molecule has 0 aromatic heterocycles. The average molecular weight is 375 g/mol. The number of benzene rings is 1. The van der Waals surface area contributed by atoms with Crippen LogP contribution in [0, 0.1) is 0 Å². The smallest absolute Gasteiger partial charge is 0.241 e. The van der Waals surface area contributed by atoms with Gasteiger partial charge in [-0.05, 0) is 37.3 Å². The van der Waals surface area contributed by atoms with Crippen LogP contribution in [0.2, 0.25) is 0 Å². The molecular weight excluding hydrogens is 346 g/mol. The highest BCUT2D eigenvalue weighted by Crippen LogP contribution is 2.32. The first kappa shape index (κ1) is 19.6. The molecule has 7 heteroatoms. The minimum absolute atomic E-state index is 0.00144.